The zero-order chi connectivity index (χ0) is 13.8. The number of hydrogen-bond donors (Lipinski definition) is 1. The first-order chi connectivity index (χ1) is 8.49. The predicted molar refractivity (Wildman–Crippen MR) is 78.7 cm³/mol. The van der Waals surface area contributed by atoms with Crippen LogP contribution in [0.2, 0.25) is 0 Å². The topological polar surface area (TPSA) is 29.1 Å². The van der Waals surface area contributed by atoms with Crippen molar-refractivity contribution in [2.24, 2.45) is 0 Å². The van der Waals surface area contributed by atoms with E-state index in [1.165, 1.54) is 6.07 Å². The standard InChI is InChI=1S/C13H16Br2FNO/c1-3-13(4-2,8-14)17-12(18)9-6-5-7-10(15)11(9)16/h5-7H,3-4,8H2,1-2H3,(H,17,18). The number of rotatable bonds is 5. The molecule has 18 heavy (non-hydrogen) atoms. The molecule has 0 aliphatic rings. The number of carbonyl (C=O) groups is 1. The lowest BCUT2D eigenvalue weighted by atomic mass is 9.95. The molecule has 0 aromatic heterocycles. The normalized spacial score (nSPS) is 11.4. The van der Waals surface area contributed by atoms with Crippen LogP contribution in [-0.4, -0.2) is 16.8 Å². The van der Waals surface area contributed by atoms with Crippen molar-refractivity contribution < 1.29 is 9.18 Å². The van der Waals surface area contributed by atoms with Gasteiger partial charge in [-0.05, 0) is 40.9 Å². The summed E-state index contributed by atoms with van der Waals surface area (Å²) >= 11 is 6.49. The molecule has 1 rings (SSSR count). The van der Waals surface area contributed by atoms with Gasteiger partial charge in [0.2, 0.25) is 0 Å². The fraction of sp³-hybridized carbons (Fsp3) is 0.462. The Balaban J connectivity index is 2.98. The minimum absolute atomic E-state index is 0.0663. The monoisotopic (exact) mass is 379 g/mol. The number of halogens is 3. The Morgan fingerprint density at radius 2 is 2.00 bits per heavy atom. The van der Waals surface area contributed by atoms with Crippen molar-refractivity contribution in [3.63, 3.8) is 0 Å². The molecule has 0 spiro atoms. The van der Waals surface area contributed by atoms with E-state index in [-0.39, 0.29) is 17.0 Å². The van der Waals surface area contributed by atoms with Crippen LogP contribution in [0, 0.1) is 5.82 Å². The summed E-state index contributed by atoms with van der Waals surface area (Å²) in [6.45, 7) is 4.00. The fourth-order valence-corrected chi connectivity index (χ4v) is 2.94. The van der Waals surface area contributed by atoms with E-state index in [0.29, 0.717) is 9.80 Å². The van der Waals surface area contributed by atoms with Crippen LogP contribution in [0.1, 0.15) is 37.0 Å². The van der Waals surface area contributed by atoms with Crippen molar-refractivity contribution in [1.29, 1.82) is 0 Å². The van der Waals surface area contributed by atoms with Gasteiger partial charge < -0.3 is 5.32 Å². The average Bonchev–Trinajstić information content (AvgIpc) is 2.39. The average molecular weight is 381 g/mol. The Hall–Kier alpha value is -0.420. The summed E-state index contributed by atoms with van der Waals surface area (Å²) in [5.41, 5.74) is -0.261. The molecule has 100 valence electrons. The molecule has 0 saturated heterocycles. The van der Waals surface area contributed by atoms with Gasteiger partial charge in [-0.1, -0.05) is 35.8 Å². The lowest BCUT2D eigenvalue weighted by molar-refractivity contribution is 0.0899. The molecule has 0 aliphatic carbocycles. The van der Waals surface area contributed by atoms with E-state index in [9.17, 15) is 9.18 Å². The lowest BCUT2D eigenvalue weighted by Crippen LogP contribution is -2.49. The summed E-state index contributed by atoms with van der Waals surface area (Å²) < 4.78 is 14.1. The second kappa shape index (κ2) is 6.66. The van der Waals surface area contributed by atoms with Gasteiger partial charge in [0.15, 0.2) is 0 Å². The molecule has 1 amide bonds. The third kappa shape index (κ3) is 3.32. The molecule has 0 heterocycles. The summed E-state index contributed by atoms with van der Waals surface area (Å²) in [7, 11) is 0. The molecule has 0 saturated carbocycles. The van der Waals surface area contributed by atoms with Gasteiger partial charge in [-0.15, -0.1) is 0 Å². The van der Waals surface area contributed by atoms with E-state index in [1.54, 1.807) is 12.1 Å². The molecule has 0 atom stereocenters. The van der Waals surface area contributed by atoms with Crippen LogP contribution in [0.25, 0.3) is 0 Å². The third-order valence-electron chi connectivity index (χ3n) is 3.18. The number of carbonyl (C=O) groups excluding carboxylic acids is 1. The smallest absolute Gasteiger partial charge is 0.254 e. The Kier molecular flexibility index (Phi) is 5.79. The number of alkyl halides is 1. The fourth-order valence-electron chi connectivity index (χ4n) is 1.64. The van der Waals surface area contributed by atoms with Crippen molar-refractivity contribution >= 4 is 37.8 Å². The SMILES string of the molecule is CCC(CC)(CBr)NC(=O)c1cccc(Br)c1F. The zero-order valence-corrected chi connectivity index (χ0v) is 13.6. The molecule has 1 N–H and O–H groups in total. The molecular weight excluding hydrogens is 365 g/mol. The second-order valence-corrected chi connectivity index (χ2v) is 5.59. The third-order valence-corrected chi connectivity index (χ3v) is 4.87. The van der Waals surface area contributed by atoms with Gasteiger partial charge in [0.05, 0.1) is 10.0 Å². The van der Waals surface area contributed by atoms with E-state index < -0.39 is 5.82 Å². The first kappa shape index (κ1) is 15.6. The highest BCUT2D eigenvalue weighted by molar-refractivity contribution is 9.10. The van der Waals surface area contributed by atoms with E-state index in [2.05, 4.69) is 37.2 Å². The maximum absolute atomic E-state index is 13.8. The highest BCUT2D eigenvalue weighted by Crippen LogP contribution is 2.22. The van der Waals surface area contributed by atoms with E-state index >= 15 is 0 Å². The van der Waals surface area contributed by atoms with Crippen LogP contribution in [0.3, 0.4) is 0 Å². The van der Waals surface area contributed by atoms with Crippen LogP contribution < -0.4 is 5.32 Å². The highest BCUT2D eigenvalue weighted by atomic mass is 79.9. The molecule has 0 bridgehead atoms. The van der Waals surface area contributed by atoms with Gasteiger partial charge in [0.1, 0.15) is 5.82 Å². The van der Waals surface area contributed by atoms with Crippen molar-refractivity contribution in [3.05, 3.63) is 34.1 Å². The van der Waals surface area contributed by atoms with E-state index in [4.69, 9.17) is 0 Å². The van der Waals surface area contributed by atoms with Crippen molar-refractivity contribution in [2.45, 2.75) is 32.2 Å². The quantitative estimate of drug-likeness (QED) is 0.759. The van der Waals surface area contributed by atoms with Crippen LogP contribution >= 0.6 is 31.9 Å². The minimum atomic E-state index is -0.523. The predicted octanol–water partition coefficient (Wildman–Crippen LogP) is 4.27. The maximum atomic E-state index is 13.8. The van der Waals surface area contributed by atoms with Gasteiger partial charge in [0.25, 0.3) is 5.91 Å². The Labute approximate surface area is 124 Å². The molecule has 0 radical (unpaired) electrons. The Morgan fingerprint density at radius 3 is 2.50 bits per heavy atom. The lowest BCUT2D eigenvalue weighted by Gasteiger charge is -2.31. The van der Waals surface area contributed by atoms with E-state index in [1.807, 2.05) is 13.8 Å². The molecule has 1 aromatic rings. The van der Waals surface area contributed by atoms with Crippen LogP contribution in [-0.2, 0) is 0 Å². The maximum Gasteiger partial charge on any atom is 0.254 e. The van der Waals surface area contributed by atoms with E-state index in [0.717, 1.165) is 12.8 Å². The molecule has 1 aromatic carbocycles. The number of amides is 1. The molecule has 0 fully saturated rings. The number of nitrogens with one attached hydrogen (secondary N) is 1. The van der Waals surface area contributed by atoms with Crippen LogP contribution in [0.15, 0.2) is 22.7 Å². The van der Waals surface area contributed by atoms with Crippen molar-refractivity contribution in [3.8, 4) is 0 Å². The summed E-state index contributed by atoms with van der Waals surface area (Å²) in [6.07, 6.45) is 1.58. The molecular formula is C13H16Br2FNO. The first-order valence-corrected chi connectivity index (χ1v) is 7.73. The largest absolute Gasteiger partial charge is 0.346 e. The molecule has 2 nitrogen and oxygen atoms in total. The first-order valence-electron chi connectivity index (χ1n) is 5.82. The second-order valence-electron chi connectivity index (χ2n) is 4.18. The highest BCUT2D eigenvalue weighted by Gasteiger charge is 2.28. The molecule has 0 unspecified atom stereocenters. The van der Waals surface area contributed by atoms with Gasteiger partial charge in [-0.3, -0.25) is 4.79 Å². The molecule has 0 aliphatic heterocycles. The zero-order valence-electron chi connectivity index (χ0n) is 10.4. The summed E-state index contributed by atoms with van der Waals surface area (Å²) in [5.74, 6) is -0.900. The summed E-state index contributed by atoms with van der Waals surface area (Å²) in [4.78, 5) is 12.1. The van der Waals surface area contributed by atoms with Gasteiger partial charge in [-0.25, -0.2) is 4.39 Å². The Bertz CT molecular complexity index is 425. The Morgan fingerprint density at radius 1 is 1.39 bits per heavy atom. The van der Waals surface area contributed by atoms with Gasteiger partial charge in [-0.2, -0.15) is 0 Å². The number of benzene rings is 1. The summed E-state index contributed by atoms with van der Waals surface area (Å²) in [6, 6.07) is 4.71. The van der Waals surface area contributed by atoms with Gasteiger partial charge in [0, 0.05) is 10.9 Å². The summed E-state index contributed by atoms with van der Waals surface area (Å²) in [5, 5.41) is 3.56. The minimum Gasteiger partial charge on any atom is -0.346 e. The van der Waals surface area contributed by atoms with Crippen molar-refractivity contribution in [1.82, 2.24) is 5.32 Å². The molecule has 5 heteroatoms. The van der Waals surface area contributed by atoms with Crippen LogP contribution in [0.5, 0.6) is 0 Å². The van der Waals surface area contributed by atoms with Crippen LogP contribution in [0.4, 0.5) is 4.39 Å². The van der Waals surface area contributed by atoms with Crippen molar-refractivity contribution in [2.75, 3.05) is 5.33 Å². The number of hydrogen-bond acceptors (Lipinski definition) is 1. The van der Waals surface area contributed by atoms with Gasteiger partial charge >= 0.3 is 0 Å².